The van der Waals surface area contributed by atoms with Crippen LogP contribution in [0, 0.1) is 13.8 Å². The van der Waals surface area contributed by atoms with Gasteiger partial charge in [-0.05, 0) is 55.3 Å². The standard InChI is InChI=1S/C17H13Br2NO/c1-10-8-12(9-11(2)16(10)19)21-17-14-4-3-5-15(18)13(14)6-7-20-17/h3-9H,1-2H3. The number of halogens is 2. The van der Waals surface area contributed by atoms with Crippen LogP contribution < -0.4 is 4.74 Å². The maximum absolute atomic E-state index is 6.01. The minimum absolute atomic E-state index is 0.620. The van der Waals surface area contributed by atoms with Crippen LogP contribution in [0.3, 0.4) is 0 Å². The highest BCUT2D eigenvalue weighted by Gasteiger charge is 2.09. The molecule has 0 aliphatic rings. The number of nitrogens with zero attached hydrogens (tertiary/aromatic N) is 1. The molecule has 0 saturated heterocycles. The lowest BCUT2D eigenvalue weighted by atomic mass is 10.1. The summed E-state index contributed by atoms with van der Waals surface area (Å²) in [4.78, 5) is 4.37. The Kier molecular flexibility index (Phi) is 4.00. The molecule has 0 radical (unpaired) electrons. The molecule has 3 rings (SSSR count). The Morgan fingerprint density at radius 1 is 0.952 bits per heavy atom. The first-order valence-electron chi connectivity index (χ1n) is 6.54. The van der Waals surface area contributed by atoms with Gasteiger partial charge in [-0.25, -0.2) is 4.98 Å². The van der Waals surface area contributed by atoms with Crippen molar-refractivity contribution in [3.8, 4) is 11.6 Å². The van der Waals surface area contributed by atoms with Gasteiger partial charge in [-0.2, -0.15) is 0 Å². The molecule has 1 heterocycles. The molecule has 3 aromatic rings. The Balaban J connectivity index is 2.08. The third-order valence-electron chi connectivity index (χ3n) is 3.34. The number of fused-ring (bicyclic) bond motifs is 1. The van der Waals surface area contributed by atoms with Gasteiger partial charge in [-0.1, -0.05) is 37.9 Å². The van der Waals surface area contributed by atoms with Crippen molar-refractivity contribution in [1.82, 2.24) is 4.98 Å². The van der Waals surface area contributed by atoms with Crippen LogP contribution in [-0.4, -0.2) is 4.98 Å². The van der Waals surface area contributed by atoms with E-state index in [1.165, 1.54) is 0 Å². The first-order chi connectivity index (χ1) is 10.1. The van der Waals surface area contributed by atoms with Crippen molar-refractivity contribution in [3.05, 3.63) is 62.7 Å². The molecule has 0 atom stereocenters. The molecule has 106 valence electrons. The van der Waals surface area contributed by atoms with E-state index in [2.05, 4.69) is 50.7 Å². The van der Waals surface area contributed by atoms with Crippen LogP contribution in [0.2, 0.25) is 0 Å². The quantitative estimate of drug-likeness (QED) is 0.507. The predicted molar refractivity (Wildman–Crippen MR) is 93.1 cm³/mol. The van der Waals surface area contributed by atoms with E-state index in [1.54, 1.807) is 6.20 Å². The lowest BCUT2D eigenvalue weighted by Crippen LogP contribution is -1.92. The number of pyridine rings is 1. The van der Waals surface area contributed by atoms with E-state index in [0.29, 0.717) is 5.88 Å². The van der Waals surface area contributed by atoms with Gasteiger partial charge in [0.15, 0.2) is 0 Å². The third kappa shape index (κ3) is 2.83. The van der Waals surface area contributed by atoms with E-state index in [0.717, 1.165) is 36.6 Å². The number of hydrogen-bond donors (Lipinski definition) is 0. The zero-order chi connectivity index (χ0) is 15.0. The Hall–Kier alpha value is -1.39. The highest BCUT2D eigenvalue weighted by molar-refractivity contribution is 9.11. The predicted octanol–water partition coefficient (Wildman–Crippen LogP) is 6.17. The fourth-order valence-electron chi connectivity index (χ4n) is 2.30. The molecule has 2 nitrogen and oxygen atoms in total. The average Bonchev–Trinajstić information content (AvgIpc) is 2.46. The van der Waals surface area contributed by atoms with E-state index < -0.39 is 0 Å². The normalized spacial score (nSPS) is 10.9. The number of rotatable bonds is 2. The lowest BCUT2D eigenvalue weighted by molar-refractivity contribution is 0.468. The zero-order valence-electron chi connectivity index (χ0n) is 11.7. The topological polar surface area (TPSA) is 22.1 Å². The smallest absolute Gasteiger partial charge is 0.227 e. The first kappa shape index (κ1) is 14.5. The molecule has 0 amide bonds. The molecule has 0 fully saturated rings. The van der Waals surface area contributed by atoms with Crippen LogP contribution >= 0.6 is 31.9 Å². The summed E-state index contributed by atoms with van der Waals surface area (Å²) in [5.41, 5.74) is 2.29. The van der Waals surface area contributed by atoms with Gasteiger partial charge in [0, 0.05) is 25.9 Å². The molecule has 0 aliphatic carbocycles. The first-order valence-corrected chi connectivity index (χ1v) is 8.12. The van der Waals surface area contributed by atoms with E-state index in [4.69, 9.17) is 4.74 Å². The molecular weight excluding hydrogens is 394 g/mol. The number of aryl methyl sites for hydroxylation is 2. The Labute approximate surface area is 140 Å². The molecule has 0 bridgehead atoms. The Morgan fingerprint density at radius 2 is 1.67 bits per heavy atom. The molecule has 4 heteroatoms. The number of aromatic nitrogens is 1. The Morgan fingerprint density at radius 3 is 2.38 bits per heavy atom. The van der Waals surface area contributed by atoms with E-state index in [1.807, 2.05) is 36.4 Å². The van der Waals surface area contributed by atoms with Gasteiger partial charge in [0.1, 0.15) is 5.75 Å². The summed E-state index contributed by atoms with van der Waals surface area (Å²) in [7, 11) is 0. The second kappa shape index (κ2) is 5.78. The summed E-state index contributed by atoms with van der Waals surface area (Å²) in [6, 6.07) is 12.0. The van der Waals surface area contributed by atoms with Crippen molar-refractivity contribution in [2.24, 2.45) is 0 Å². The molecule has 0 N–H and O–H groups in total. The van der Waals surface area contributed by atoms with Crippen LogP contribution in [0.4, 0.5) is 0 Å². The summed E-state index contributed by atoms with van der Waals surface area (Å²) >= 11 is 7.13. The van der Waals surface area contributed by atoms with Crippen molar-refractivity contribution in [1.29, 1.82) is 0 Å². The second-order valence-electron chi connectivity index (χ2n) is 4.92. The van der Waals surface area contributed by atoms with Crippen LogP contribution in [0.1, 0.15) is 11.1 Å². The fourth-order valence-corrected chi connectivity index (χ4v) is 3.03. The van der Waals surface area contributed by atoms with Crippen LogP contribution in [-0.2, 0) is 0 Å². The minimum atomic E-state index is 0.620. The zero-order valence-corrected chi connectivity index (χ0v) is 14.8. The molecule has 2 aromatic carbocycles. The van der Waals surface area contributed by atoms with Crippen molar-refractivity contribution >= 4 is 42.6 Å². The fraction of sp³-hybridized carbons (Fsp3) is 0.118. The van der Waals surface area contributed by atoms with Gasteiger partial charge in [0.2, 0.25) is 5.88 Å². The molecule has 1 aromatic heterocycles. The number of ether oxygens (including phenoxy) is 1. The van der Waals surface area contributed by atoms with E-state index >= 15 is 0 Å². The molecule has 0 aliphatic heterocycles. The van der Waals surface area contributed by atoms with Gasteiger partial charge in [-0.15, -0.1) is 0 Å². The van der Waals surface area contributed by atoms with Gasteiger partial charge in [-0.3, -0.25) is 0 Å². The monoisotopic (exact) mass is 405 g/mol. The summed E-state index contributed by atoms with van der Waals surface area (Å²) in [5.74, 6) is 1.42. The third-order valence-corrected chi connectivity index (χ3v) is 5.28. The molecule has 0 spiro atoms. The summed E-state index contributed by atoms with van der Waals surface area (Å²) in [6.07, 6.45) is 1.76. The molecule has 0 unspecified atom stereocenters. The highest BCUT2D eigenvalue weighted by Crippen LogP contribution is 2.33. The van der Waals surface area contributed by atoms with Gasteiger partial charge in [0.25, 0.3) is 0 Å². The summed E-state index contributed by atoms with van der Waals surface area (Å²) in [6.45, 7) is 4.11. The van der Waals surface area contributed by atoms with Gasteiger partial charge in [0.05, 0.1) is 0 Å². The average molecular weight is 407 g/mol. The summed E-state index contributed by atoms with van der Waals surface area (Å²) in [5, 5.41) is 2.08. The number of hydrogen-bond acceptors (Lipinski definition) is 2. The molecular formula is C17H13Br2NO. The van der Waals surface area contributed by atoms with Gasteiger partial charge >= 0.3 is 0 Å². The van der Waals surface area contributed by atoms with Crippen molar-refractivity contribution < 1.29 is 4.74 Å². The van der Waals surface area contributed by atoms with E-state index in [9.17, 15) is 0 Å². The SMILES string of the molecule is Cc1cc(Oc2nccc3c(Br)cccc23)cc(C)c1Br. The van der Waals surface area contributed by atoms with Gasteiger partial charge < -0.3 is 4.74 Å². The van der Waals surface area contributed by atoms with Crippen molar-refractivity contribution in [3.63, 3.8) is 0 Å². The maximum Gasteiger partial charge on any atom is 0.227 e. The largest absolute Gasteiger partial charge is 0.438 e. The van der Waals surface area contributed by atoms with E-state index in [-0.39, 0.29) is 0 Å². The van der Waals surface area contributed by atoms with Crippen LogP contribution in [0.25, 0.3) is 10.8 Å². The minimum Gasteiger partial charge on any atom is -0.438 e. The van der Waals surface area contributed by atoms with Crippen LogP contribution in [0.5, 0.6) is 11.6 Å². The van der Waals surface area contributed by atoms with Crippen molar-refractivity contribution in [2.75, 3.05) is 0 Å². The summed E-state index contributed by atoms with van der Waals surface area (Å²) < 4.78 is 8.16. The highest BCUT2D eigenvalue weighted by atomic mass is 79.9. The van der Waals surface area contributed by atoms with Crippen LogP contribution in [0.15, 0.2) is 51.5 Å². The lowest BCUT2D eigenvalue weighted by Gasteiger charge is -2.11. The molecule has 21 heavy (non-hydrogen) atoms. The second-order valence-corrected chi connectivity index (χ2v) is 6.57. The number of benzene rings is 2. The Bertz CT molecular complexity index is 807. The maximum atomic E-state index is 6.01. The molecule has 0 saturated carbocycles. The van der Waals surface area contributed by atoms with Crippen molar-refractivity contribution in [2.45, 2.75) is 13.8 Å².